The first-order valence-corrected chi connectivity index (χ1v) is 10.5. The highest BCUT2D eigenvalue weighted by Crippen LogP contribution is 2.30. The molecule has 25 heavy (non-hydrogen) atoms. The number of benzene rings is 2. The van der Waals surface area contributed by atoms with E-state index in [2.05, 4.69) is 48.5 Å². The number of quaternary nitrogens is 1. The van der Waals surface area contributed by atoms with E-state index in [-0.39, 0.29) is 0 Å². The minimum atomic E-state index is 0.593. The highest BCUT2D eigenvalue weighted by atomic mass is 32.1. The van der Waals surface area contributed by atoms with Gasteiger partial charge in [-0.25, -0.2) is 9.97 Å². The molecule has 4 aromatic rings. The minimum absolute atomic E-state index is 0.593. The zero-order valence-corrected chi connectivity index (χ0v) is 15.6. The molecule has 0 aliphatic carbocycles. The molecule has 1 fully saturated rings. The van der Waals surface area contributed by atoms with E-state index in [1.807, 2.05) is 22.7 Å². The van der Waals surface area contributed by atoms with Crippen LogP contribution in [0.4, 0.5) is 0 Å². The molecule has 5 heteroatoms. The van der Waals surface area contributed by atoms with Gasteiger partial charge >= 0.3 is 0 Å². The lowest BCUT2D eigenvalue weighted by atomic mass is 9.99. The number of rotatable bonds is 3. The van der Waals surface area contributed by atoms with Gasteiger partial charge in [0.25, 0.3) is 0 Å². The number of nitrogens with one attached hydrogen (secondary N) is 1. The van der Waals surface area contributed by atoms with Gasteiger partial charge in [0.2, 0.25) is 0 Å². The Hall–Kier alpha value is -1.82. The Balaban J connectivity index is 1.35. The average molecular weight is 367 g/mol. The third-order valence-electron chi connectivity index (χ3n) is 5.02. The number of piperidine rings is 1. The fourth-order valence-corrected chi connectivity index (χ4v) is 5.94. The Morgan fingerprint density at radius 2 is 1.64 bits per heavy atom. The third kappa shape index (κ3) is 3.08. The van der Waals surface area contributed by atoms with Crippen LogP contribution in [0.2, 0.25) is 0 Å². The van der Waals surface area contributed by atoms with Crippen molar-refractivity contribution in [3.05, 3.63) is 58.5 Å². The van der Waals surface area contributed by atoms with E-state index in [1.165, 1.54) is 45.3 Å². The standard InChI is InChI=1S/C20H19N3S2/c1-3-9-17-15(7-1)21-19(24-17)13-23-11-5-6-14(12-23)20-22-16-8-2-4-10-18(16)25-20/h1-4,7-10,14H,5-6,11-13H2/p+1/t14-/m0/s1. The maximum absolute atomic E-state index is 4.90. The van der Waals surface area contributed by atoms with Crippen molar-refractivity contribution >= 4 is 43.1 Å². The summed E-state index contributed by atoms with van der Waals surface area (Å²) < 4.78 is 2.62. The zero-order valence-electron chi connectivity index (χ0n) is 13.9. The van der Waals surface area contributed by atoms with Gasteiger partial charge in [-0.05, 0) is 37.1 Å². The van der Waals surface area contributed by atoms with Crippen molar-refractivity contribution in [3.63, 3.8) is 0 Å². The van der Waals surface area contributed by atoms with E-state index in [9.17, 15) is 0 Å². The second-order valence-electron chi connectivity index (χ2n) is 6.82. The van der Waals surface area contributed by atoms with Crippen LogP contribution >= 0.6 is 22.7 Å². The molecule has 1 saturated heterocycles. The Bertz CT molecular complexity index is 954. The normalized spacial score (nSPS) is 21.1. The Labute approximate surface area is 155 Å². The lowest BCUT2D eigenvalue weighted by Gasteiger charge is -2.28. The first kappa shape index (κ1) is 15.4. The van der Waals surface area contributed by atoms with Crippen LogP contribution in [0.3, 0.4) is 0 Å². The van der Waals surface area contributed by atoms with Gasteiger partial charge in [-0.3, -0.25) is 0 Å². The summed E-state index contributed by atoms with van der Waals surface area (Å²) in [5.74, 6) is 0.593. The van der Waals surface area contributed by atoms with Gasteiger partial charge in [-0.1, -0.05) is 24.3 Å². The third-order valence-corrected chi connectivity index (χ3v) is 7.25. The van der Waals surface area contributed by atoms with Crippen molar-refractivity contribution in [2.75, 3.05) is 13.1 Å². The molecule has 2 atom stereocenters. The van der Waals surface area contributed by atoms with Crippen LogP contribution in [0, 0.1) is 0 Å². The van der Waals surface area contributed by atoms with Crippen LogP contribution < -0.4 is 4.90 Å². The van der Waals surface area contributed by atoms with Crippen LogP contribution in [0.5, 0.6) is 0 Å². The van der Waals surface area contributed by atoms with Crippen LogP contribution in [0.1, 0.15) is 28.8 Å². The molecular formula is C20H20N3S2+. The van der Waals surface area contributed by atoms with E-state index in [0.29, 0.717) is 5.92 Å². The molecule has 0 bridgehead atoms. The highest BCUT2D eigenvalue weighted by Gasteiger charge is 2.27. The Morgan fingerprint density at radius 3 is 2.40 bits per heavy atom. The van der Waals surface area contributed by atoms with E-state index in [4.69, 9.17) is 9.97 Å². The SMILES string of the molecule is c1ccc2sc(C[NH+]3CCC[C@H](c4nc5ccccc5s4)C3)nc2c1. The summed E-state index contributed by atoms with van der Waals surface area (Å²) in [6.45, 7) is 3.47. The molecule has 0 radical (unpaired) electrons. The first-order valence-electron chi connectivity index (χ1n) is 8.89. The second-order valence-corrected chi connectivity index (χ2v) is 8.99. The van der Waals surface area contributed by atoms with Crippen LogP contribution in [0.15, 0.2) is 48.5 Å². The molecule has 126 valence electrons. The van der Waals surface area contributed by atoms with Crippen LogP contribution in [0.25, 0.3) is 20.4 Å². The molecule has 5 rings (SSSR count). The predicted molar refractivity (Wildman–Crippen MR) is 106 cm³/mol. The van der Waals surface area contributed by atoms with E-state index >= 15 is 0 Å². The Morgan fingerprint density at radius 1 is 0.920 bits per heavy atom. The fraction of sp³-hybridized carbons (Fsp3) is 0.300. The number of likely N-dealkylation sites (tertiary alicyclic amines) is 1. The second kappa shape index (κ2) is 6.48. The van der Waals surface area contributed by atoms with Crippen LogP contribution in [-0.4, -0.2) is 23.1 Å². The smallest absolute Gasteiger partial charge is 0.148 e. The summed E-state index contributed by atoms with van der Waals surface area (Å²) in [5, 5.41) is 2.59. The molecule has 1 unspecified atom stereocenters. The van der Waals surface area contributed by atoms with E-state index in [0.717, 1.165) is 17.6 Å². The topological polar surface area (TPSA) is 30.2 Å². The van der Waals surface area contributed by atoms with Gasteiger partial charge in [0, 0.05) is 0 Å². The molecular weight excluding hydrogens is 346 g/mol. The number of thiazole rings is 2. The van der Waals surface area contributed by atoms with Crippen molar-refractivity contribution in [2.45, 2.75) is 25.3 Å². The lowest BCUT2D eigenvalue weighted by molar-refractivity contribution is -0.920. The van der Waals surface area contributed by atoms with Gasteiger partial charge in [0.05, 0.1) is 39.4 Å². The molecule has 0 saturated carbocycles. The predicted octanol–water partition coefficient (Wildman–Crippen LogP) is 3.87. The molecule has 0 spiro atoms. The lowest BCUT2D eigenvalue weighted by Crippen LogP contribution is -3.12. The summed E-state index contributed by atoms with van der Waals surface area (Å²) in [5.41, 5.74) is 2.29. The number of nitrogens with zero attached hydrogens (tertiary/aromatic N) is 2. The molecule has 2 aromatic carbocycles. The van der Waals surface area contributed by atoms with Gasteiger partial charge in [0.1, 0.15) is 16.6 Å². The zero-order chi connectivity index (χ0) is 16.6. The quantitative estimate of drug-likeness (QED) is 0.597. The number of para-hydroxylation sites is 2. The van der Waals surface area contributed by atoms with Crippen molar-refractivity contribution in [2.24, 2.45) is 0 Å². The van der Waals surface area contributed by atoms with Gasteiger partial charge in [0.15, 0.2) is 0 Å². The van der Waals surface area contributed by atoms with Crippen molar-refractivity contribution in [1.29, 1.82) is 0 Å². The fourth-order valence-electron chi connectivity index (χ4n) is 3.80. The van der Waals surface area contributed by atoms with Gasteiger partial charge in [-0.2, -0.15) is 0 Å². The maximum atomic E-state index is 4.90. The molecule has 2 aromatic heterocycles. The molecule has 3 nitrogen and oxygen atoms in total. The molecule has 1 aliphatic heterocycles. The Kier molecular flexibility index (Phi) is 4.00. The monoisotopic (exact) mass is 366 g/mol. The molecule has 1 aliphatic rings. The van der Waals surface area contributed by atoms with Crippen LogP contribution in [-0.2, 0) is 6.54 Å². The van der Waals surface area contributed by atoms with E-state index in [1.54, 1.807) is 4.90 Å². The van der Waals surface area contributed by atoms with E-state index < -0.39 is 0 Å². The summed E-state index contributed by atoms with van der Waals surface area (Å²) >= 11 is 3.73. The van der Waals surface area contributed by atoms with Crippen molar-refractivity contribution in [1.82, 2.24) is 9.97 Å². The van der Waals surface area contributed by atoms with Gasteiger partial charge < -0.3 is 4.90 Å². The number of hydrogen-bond acceptors (Lipinski definition) is 4. The summed E-state index contributed by atoms with van der Waals surface area (Å²) in [4.78, 5) is 11.4. The maximum Gasteiger partial charge on any atom is 0.148 e. The average Bonchev–Trinajstić information content (AvgIpc) is 3.25. The first-order chi connectivity index (χ1) is 12.3. The minimum Gasteiger partial charge on any atom is -0.329 e. The molecule has 0 amide bonds. The number of fused-ring (bicyclic) bond motifs is 2. The summed E-state index contributed by atoms with van der Waals surface area (Å²) in [6, 6.07) is 17.0. The number of hydrogen-bond donors (Lipinski definition) is 1. The van der Waals surface area contributed by atoms with Crippen molar-refractivity contribution in [3.8, 4) is 0 Å². The highest BCUT2D eigenvalue weighted by molar-refractivity contribution is 7.18. The summed E-state index contributed by atoms with van der Waals surface area (Å²) in [6.07, 6.45) is 2.55. The van der Waals surface area contributed by atoms with Gasteiger partial charge in [-0.15, -0.1) is 22.7 Å². The molecule has 3 heterocycles. The molecule has 1 N–H and O–H groups in total. The summed E-state index contributed by atoms with van der Waals surface area (Å²) in [7, 11) is 0. The largest absolute Gasteiger partial charge is 0.329 e. The number of aromatic nitrogens is 2. The van der Waals surface area contributed by atoms with Crippen molar-refractivity contribution < 1.29 is 4.90 Å².